The number of hydrogen-bond donors (Lipinski definition) is 10. The number of hydrogen-bond acceptors (Lipinski definition) is 12. The zero-order valence-electron chi connectivity index (χ0n) is 23.1. The zero-order valence-corrected chi connectivity index (χ0v) is 23.1. The number of aliphatic hydroxyl groups excluding tert-OH is 4. The van der Waals surface area contributed by atoms with Crippen molar-refractivity contribution < 1.29 is 64.8 Å². The molecule has 0 aliphatic carbocycles. The van der Waals surface area contributed by atoms with E-state index in [1.807, 2.05) is 30.6 Å². The summed E-state index contributed by atoms with van der Waals surface area (Å²) in [7, 11) is 1.74. The smallest absolute Gasteiger partial charge is 0.335 e. The van der Waals surface area contributed by atoms with Crippen molar-refractivity contribution in [3.05, 3.63) is 30.6 Å². The number of rotatable bonds is 11. The van der Waals surface area contributed by atoms with Gasteiger partial charge in [0.05, 0.1) is 23.9 Å². The van der Waals surface area contributed by atoms with Gasteiger partial charge in [-0.1, -0.05) is 32.0 Å². The molecule has 0 bridgehead atoms. The van der Waals surface area contributed by atoms with Gasteiger partial charge in [0.25, 0.3) is 0 Å². The molecule has 0 spiro atoms. The van der Waals surface area contributed by atoms with Gasteiger partial charge in [-0.15, -0.1) is 0 Å². The molecule has 0 aliphatic rings. The number of pyridine rings is 1. The van der Waals surface area contributed by atoms with Crippen molar-refractivity contribution in [2.24, 2.45) is 5.92 Å². The van der Waals surface area contributed by atoms with Crippen LogP contribution in [0.5, 0.6) is 0 Å². The van der Waals surface area contributed by atoms with E-state index < -0.39 is 48.3 Å². The zero-order chi connectivity index (χ0) is 33.0. The lowest BCUT2D eigenvalue weighted by atomic mass is 10.1. The number of anilines is 1. The molecule has 1 amide bonds. The normalized spacial score (nSPS) is 13.5. The van der Waals surface area contributed by atoms with E-state index in [0.29, 0.717) is 11.7 Å². The first-order valence-electron chi connectivity index (χ1n) is 12.3. The third-order valence-electron chi connectivity index (χ3n) is 5.22. The number of aliphatic carboxylic acids is 4. The van der Waals surface area contributed by atoms with Gasteiger partial charge >= 0.3 is 23.9 Å². The molecular weight excluding hydrogens is 578 g/mol. The van der Waals surface area contributed by atoms with Crippen LogP contribution < -0.4 is 10.6 Å². The number of nitrogens with zero attached hydrogens (tertiary/aromatic N) is 3. The van der Waals surface area contributed by atoms with Gasteiger partial charge in [-0.3, -0.25) is 4.79 Å². The van der Waals surface area contributed by atoms with Gasteiger partial charge in [-0.25, -0.2) is 29.1 Å². The number of nitrogens with one attached hydrogen (secondary N) is 2. The van der Waals surface area contributed by atoms with Crippen LogP contribution in [0.15, 0.2) is 30.6 Å². The predicted molar refractivity (Wildman–Crippen MR) is 147 cm³/mol. The van der Waals surface area contributed by atoms with E-state index in [4.69, 9.17) is 40.9 Å². The number of carbonyl (C=O) groups is 5. The van der Waals surface area contributed by atoms with E-state index in [1.165, 1.54) is 0 Å². The van der Waals surface area contributed by atoms with Crippen LogP contribution in [0.1, 0.15) is 13.8 Å². The molecule has 236 valence electrons. The highest BCUT2D eigenvalue weighted by atomic mass is 16.4. The Bertz CT molecular complexity index is 1370. The average Bonchev–Trinajstić information content (AvgIpc) is 3.35. The summed E-state index contributed by atoms with van der Waals surface area (Å²) in [5, 5.41) is 71.8. The molecule has 10 N–H and O–H groups in total. The largest absolute Gasteiger partial charge is 0.479 e. The molecule has 0 fully saturated rings. The number of carboxylic acids is 4. The summed E-state index contributed by atoms with van der Waals surface area (Å²) in [6.45, 7) is 5.45. The molecule has 0 saturated heterocycles. The number of carbonyl (C=O) groups excluding carboxylic acids is 1. The number of aromatic nitrogens is 3. The van der Waals surface area contributed by atoms with Gasteiger partial charge in [0.2, 0.25) is 5.91 Å². The number of benzene rings is 1. The van der Waals surface area contributed by atoms with E-state index in [0.717, 1.165) is 28.5 Å². The number of likely N-dealkylation sites (N-methyl/N-ethyl adjacent to an activating group) is 1. The summed E-state index contributed by atoms with van der Waals surface area (Å²) in [4.78, 5) is 60.1. The lowest BCUT2D eigenvalue weighted by molar-refractivity contribution is -0.165. The third kappa shape index (κ3) is 10.5. The standard InChI is InChI=1S/C17H21N5O.2C4H6O6/c1-11(2)9-22-10-19-15-16(22)12-6-4-5-7-13(12)20-17(15)21-14(23)8-18-3;2*5-1(3(7)8)2(6)4(9)10/h4-7,10-11,18H,8-9H2,1-3H3,(H,20,21,23);2*1-2,5-6H,(H,7,8)(H,9,10). The maximum Gasteiger partial charge on any atom is 0.335 e. The van der Waals surface area contributed by atoms with Crippen LogP contribution in [-0.2, 0) is 30.5 Å². The van der Waals surface area contributed by atoms with Crippen LogP contribution in [0.4, 0.5) is 5.82 Å². The Morgan fingerprint density at radius 3 is 1.70 bits per heavy atom. The molecule has 4 unspecified atom stereocenters. The molecule has 4 atom stereocenters. The fourth-order valence-electron chi connectivity index (χ4n) is 3.28. The number of para-hydroxylation sites is 1. The van der Waals surface area contributed by atoms with E-state index in [9.17, 15) is 24.0 Å². The number of aliphatic hydroxyl groups is 4. The summed E-state index contributed by atoms with van der Waals surface area (Å²) in [5.74, 6) is -6.19. The van der Waals surface area contributed by atoms with Crippen molar-refractivity contribution in [1.82, 2.24) is 19.9 Å². The molecule has 18 heteroatoms. The highest BCUT2D eigenvalue weighted by molar-refractivity contribution is 6.09. The molecule has 1 aromatic carbocycles. The van der Waals surface area contributed by atoms with Gasteiger partial charge in [-0.05, 0) is 19.0 Å². The summed E-state index contributed by atoms with van der Waals surface area (Å²) in [6.07, 6.45) is -7.24. The van der Waals surface area contributed by atoms with Crippen molar-refractivity contribution in [1.29, 1.82) is 0 Å². The summed E-state index contributed by atoms with van der Waals surface area (Å²) in [5.41, 5.74) is 2.60. The SMILES string of the molecule is CNCC(=O)Nc1nc2ccccc2c2c1ncn2CC(C)C.O=C(O)C(O)C(O)C(=O)O.O=C(O)C(O)C(O)C(=O)O. The van der Waals surface area contributed by atoms with Gasteiger partial charge in [-0.2, -0.15) is 0 Å². The van der Waals surface area contributed by atoms with Gasteiger partial charge in [0.1, 0.15) is 5.52 Å². The van der Waals surface area contributed by atoms with E-state index in [2.05, 4.69) is 39.0 Å². The van der Waals surface area contributed by atoms with Gasteiger partial charge < -0.3 is 56.1 Å². The van der Waals surface area contributed by atoms with Crippen molar-refractivity contribution in [2.75, 3.05) is 18.9 Å². The monoisotopic (exact) mass is 611 g/mol. The Hall–Kier alpha value is -4.75. The second kappa shape index (κ2) is 16.6. The molecular formula is C25H33N5O13. The molecule has 0 radical (unpaired) electrons. The molecule has 3 aromatic rings. The molecule has 2 heterocycles. The summed E-state index contributed by atoms with van der Waals surface area (Å²) < 4.78 is 2.14. The highest BCUT2D eigenvalue weighted by Crippen LogP contribution is 2.29. The van der Waals surface area contributed by atoms with Crippen LogP contribution in [0.3, 0.4) is 0 Å². The Kier molecular flexibility index (Phi) is 14.0. The first kappa shape index (κ1) is 36.3. The van der Waals surface area contributed by atoms with Gasteiger partial charge in [0, 0.05) is 11.9 Å². The maximum atomic E-state index is 11.9. The van der Waals surface area contributed by atoms with Crippen LogP contribution in [0.2, 0.25) is 0 Å². The quantitative estimate of drug-likeness (QED) is 0.114. The van der Waals surface area contributed by atoms with Crippen molar-refractivity contribution in [3.63, 3.8) is 0 Å². The third-order valence-corrected chi connectivity index (χ3v) is 5.22. The van der Waals surface area contributed by atoms with Crippen molar-refractivity contribution in [3.8, 4) is 0 Å². The Morgan fingerprint density at radius 2 is 1.28 bits per heavy atom. The second-order valence-corrected chi connectivity index (χ2v) is 9.18. The lowest BCUT2D eigenvalue weighted by Crippen LogP contribution is -2.39. The van der Waals surface area contributed by atoms with Crippen molar-refractivity contribution in [2.45, 2.75) is 44.8 Å². The minimum atomic E-state index is -2.27. The maximum absolute atomic E-state index is 11.9. The van der Waals surface area contributed by atoms with Crippen LogP contribution in [0, 0.1) is 5.92 Å². The number of fused-ring (bicyclic) bond motifs is 3. The number of carboxylic acid groups (broad SMARTS) is 4. The highest BCUT2D eigenvalue weighted by Gasteiger charge is 2.30. The number of amides is 1. The van der Waals surface area contributed by atoms with E-state index in [1.54, 1.807) is 7.05 Å². The first-order chi connectivity index (χ1) is 20.0. The Morgan fingerprint density at radius 1 is 0.814 bits per heavy atom. The van der Waals surface area contributed by atoms with E-state index in [-0.39, 0.29) is 12.5 Å². The summed E-state index contributed by atoms with van der Waals surface area (Å²) >= 11 is 0. The van der Waals surface area contributed by atoms with Gasteiger partial charge in [0.15, 0.2) is 30.2 Å². The molecule has 0 aliphatic heterocycles. The minimum absolute atomic E-state index is 0.130. The molecule has 43 heavy (non-hydrogen) atoms. The molecule has 2 aromatic heterocycles. The second-order valence-electron chi connectivity index (χ2n) is 9.18. The summed E-state index contributed by atoms with van der Waals surface area (Å²) in [6, 6.07) is 7.94. The Labute approximate surface area is 242 Å². The molecule has 18 nitrogen and oxygen atoms in total. The first-order valence-corrected chi connectivity index (χ1v) is 12.3. The minimum Gasteiger partial charge on any atom is -0.479 e. The fraction of sp³-hybridized carbons (Fsp3) is 0.400. The Balaban J connectivity index is 0.000000386. The van der Waals surface area contributed by atoms with Crippen LogP contribution in [0.25, 0.3) is 21.9 Å². The molecule has 0 saturated carbocycles. The number of imidazole rings is 1. The lowest BCUT2D eigenvalue weighted by Gasteiger charge is -2.11. The van der Waals surface area contributed by atoms with Crippen LogP contribution in [-0.4, -0.2) is 123 Å². The topological polar surface area (TPSA) is 302 Å². The fourth-order valence-corrected chi connectivity index (χ4v) is 3.28. The van der Waals surface area contributed by atoms with Crippen molar-refractivity contribution >= 4 is 57.5 Å². The van der Waals surface area contributed by atoms with E-state index >= 15 is 0 Å². The predicted octanol–water partition coefficient (Wildman–Crippen LogP) is -1.85. The average molecular weight is 612 g/mol. The van der Waals surface area contributed by atoms with Crippen LogP contribution >= 0.6 is 0 Å². The molecule has 3 rings (SSSR count).